The Labute approximate surface area is 206 Å². The maximum Gasteiger partial charge on any atom is 0.417 e. The Bertz CT molecular complexity index is 1290. The maximum atomic E-state index is 14.2. The third-order valence-electron chi connectivity index (χ3n) is 8.29. The number of ether oxygens (including phenoxy) is 1. The molecule has 1 saturated carbocycles. The molecule has 36 heavy (non-hydrogen) atoms. The lowest BCUT2D eigenvalue weighted by molar-refractivity contribution is -0.288. The number of hydrogen-bond donors (Lipinski definition) is 1. The van der Waals surface area contributed by atoms with E-state index in [4.69, 9.17) is 4.74 Å². The van der Waals surface area contributed by atoms with Crippen LogP contribution in [0.15, 0.2) is 42.6 Å². The molecule has 2 aliphatic rings. The summed E-state index contributed by atoms with van der Waals surface area (Å²) in [7, 11) is 1.15. The SMILES string of the molecule is CO[C@]1(C(F)(F)F)CC[C@@]2(CNC(C)=O)c3cc4cnn(-c5ccc(F)cc5)c4cc3CCC[C@@H]2C1. The van der Waals surface area contributed by atoms with Crippen molar-refractivity contribution in [1.29, 1.82) is 0 Å². The van der Waals surface area contributed by atoms with Crippen molar-refractivity contribution in [2.75, 3.05) is 13.7 Å². The Morgan fingerprint density at radius 2 is 1.97 bits per heavy atom. The molecule has 0 spiro atoms. The summed E-state index contributed by atoms with van der Waals surface area (Å²) in [6.45, 7) is 1.70. The van der Waals surface area contributed by atoms with Crippen LogP contribution in [0.2, 0.25) is 0 Å². The van der Waals surface area contributed by atoms with Crippen LogP contribution in [0.5, 0.6) is 0 Å². The molecule has 1 amide bonds. The number of carbonyl (C=O) groups is 1. The normalized spacial score (nSPS) is 26.2. The fraction of sp³-hybridized carbons (Fsp3) is 0.481. The average Bonchev–Trinajstić information content (AvgIpc) is 3.18. The van der Waals surface area contributed by atoms with Gasteiger partial charge in [-0.05, 0) is 92.0 Å². The van der Waals surface area contributed by atoms with E-state index in [0.717, 1.165) is 41.2 Å². The van der Waals surface area contributed by atoms with Gasteiger partial charge in [-0.3, -0.25) is 4.79 Å². The van der Waals surface area contributed by atoms with Gasteiger partial charge in [0.2, 0.25) is 5.91 Å². The van der Waals surface area contributed by atoms with Crippen molar-refractivity contribution in [3.05, 3.63) is 59.5 Å². The second kappa shape index (κ2) is 8.87. The summed E-state index contributed by atoms with van der Waals surface area (Å²) in [5.74, 6) is -0.859. The maximum absolute atomic E-state index is 14.2. The number of aryl methyl sites for hydroxylation is 1. The smallest absolute Gasteiger partial charge is 0.369 e. The summed E-state index contributed by atoms with van der Waals surface area (Å²) in [5.41, 5.74) is 0.786. The van der Waals surface area contributed by atoms with Crippen LogP contribution in [-0.4, -0.2) is 41.1 Å². The van der Waals surface area contributed by atoms with E-state index in [-0.39, 0.29) is 43.4 Å². The average molecular weight is 504 g/mol. The first-order chi connectivity index (χ1) is 17.1. The molecule has 2 aliphatic carbocycles. The van der Waals surface area contributed by atoms with Crippen molar-refractivity contribution < 1.29 is 27.1 Å². The summed E-state index contributed by atoms with van der Waals surface area (Å²) in [5, 5.41) is 8.29. The van der Waals surface area contributed by atoms with Gasteiger partial charge in [-0.15, -0.1) is 0 Å². The molecular formula is C27H29F4N3O2. The molecule has 2 aromatic carbocycles. The number of rotatable bonds is 4. The van der Waals surface area contributed by atoms with Crippen LogP contribution in [0.1, 0.15) is 50.2 Å². The highest BCUT2D eigenvalue weighted by molar-refractivity contribution is 5.83. The molecule has 0 aliphatic heterocycles. The van der Waals surface area contributed by atoms with Gasteiger partial charge in [0.05, 0.1) is 17.4 Å². The first-order valence-electron chi connectivity index (χ1n) is 12.2. The van der Waals surface area contributed by atoms with E-state index in [1.807, 2.05) is 6.07 Å². The Hall–Kier alpha value is -2.94. The highest BCUT2D eigenvalue weighted by Crippen LogP contribution is 2.56. The lowest BCUT2D eigenvalue weighted by Gasteiger charge is -2.51. The van der Waals surface area contributed by atoms with Crippen LogP contribution < -0.4 is 5.32 Å². The van der Waals surface area contributed by atoms with Crippen molar-refractivity contribution in [2.45, 2.75) is 62.6 Å². The minimum atomic E-state index is -4.47. The Balaban J connectivity index is 1.64. The molecule has 1 N–H and O–H groups in total. The second-order valence-electron chi connectivity index (χ2n) is 10.2. The predicted molar refractivity (Wildman–Crippen MR) is 127 cm³/mol. The lowest BCUT2D eigenvalue weighted by Crippen LogP contribution is -2.58. The summed E-state index contributed by atoms with van der Waals surface area (Å²) in [6, 6.07) is 10.2. The van der Waals surface area contributed by atoms with Gasteiger partial charge < -0.3 is 10.1 Å². The van der Waals surface area contributed by atoms with Crippen molar-refractivity contribution in [2.24, 2.45) is 5.92 Å². The van der Waals surface area contributed by atoms with Crippen molar-refractivity contribution in [3.63, 3.8) is 0 Å². The molecule has 3 aromatic rings. The number of amides is 1. The highest BCUT2D eigenvalue weighted by atomic mass is 19.4. The van der Waals surface area contributed by atoms with Gasteiger partial charge in [-0.25, -0.2) is 9.07 Å². The first-order valence-corrected chi connectivity index (χ1v) is 12.2. The first kappa shape index (κ1) is 24.7. The number of carbonyl (C=O) groups excluding carboxylic acids is 1. The van der Waals surface area contributed by atoms with Gasteiger partial charge in [0.15, 0.2) is 5.60 Å². The molecule has 1 heterocycles. The quantitative estimate of drug-likeness (QED) is 0.470. The van der Waals surface area contributed by atoms with Crippen LogP contribution in [0.4, 0.5) is 17.6 Å². The molecule has 0 saturated heterocycles. The van der Waals surface area contributed by atoms with Crippen LogP contribution in [0.3, 0.4) is 0 Å². The van der Waals surface area contributed by atoms with Crippen LogP contribution in [0.25, 0.3) is 16.6 Å². The van der Waals surface area contributed by atoms with E-state index in [1.165, 1.54) is 19.1 Å². The molecule has 1 aromatic heterocycles. The summed E-state index contributed by atoms with van der Waals surface area (Å²) in [4.78, 5) is 11.9. The molecule has 0 bridgehead atoms. The molecule has 3 atom stereocenters. The van der Waals surface area contributed by atoms with Crippen LogP contribution >= 0.6 is 0 Å². The molecule has 1 fully saturated rings. The lowest BCUT2D eigenvalue weighted by atomic mass is 9.57. The zero-order valence-corrected chi connectivity index (χ0v) is 20.3. The van der Waals surface area contributed by atoms with Crippen molar-refractivity contribution in [3.8, 4) is 5.69 Å². The van der Waals surface area contributed by atoms with E-state index in [2.05, 4.69) is 16.5 Å². The zero-order valence-electron chi connectivity index (χ0n) is 20.3. The predicted octanol–water partition coefficient (Wildman–Crippen LogP) is 5.62. The molecule has 0 unspecified atom stereocenters. The highest BCUT2D eigenvalue weighted by Gasteiger charge is 2.62. The van der Waals surface area contributed by atoms with E-state index < -0.39 is 17.2 Å². The third kappa shape index (κ3) is 3.97. The zero-order chi connectivity index (χ0) is 25.7. The van der Waals surface area contributed by atoms with E-state index in [9.17, 15) is 22.4 Å². The summed E-state index contributed by atoms with van der Waals surface area (Å²) < 4.78 is 62.9. The molecule has 9 heteroatoms. The Kier molecular flexibility index (Phi) is 6.09. The number of hydrogen-bond acceptors (Lipinski definition) is 3. The largest absolute Gasteiger partial charge is 0.417 e. The molecule has 192 valence electrons. The van der Waals surface area contributed by atoms with E-state index >= 15 is 0 Å². The van der Waals surface area contributed by atoms with Gasteiger partial charge in [-0.1, -0.05) is 0 Å². The minimum Gasteiger partial charge on any atom is -0.369 e. The number of fused-ring (bicyclic) bond motifs is 4. The van der Waals surface area contributed by atoms with E-state index in [0.29, 0.717) is 12.8 Å². The standard InChI is InChI=1S/C27H29F4N3O2/c1-17(35)32-16-25-10-11-26(36-2,27(29,30)31)14-20(25)5-3-4-18-13-24-19(12-23(18)25)15-33-34(24)22-8-6-21(28)7-9-22/h6-9,12-13,15,20H,3-5,10-11,14,16H2,1-2H3,(H,32,35)/t20-,25+,26-/m1/s1. The molecule has 0 radical (unpaired) electrons. The van der Waals surface area contributed by atoms with Crippen LogP contribution in [0, 0.1) is 11.7 Å². The van der Waals surface area contributed by atoms with Gasteiger partial charge in [-0.2, -0.15) is 18.3 Å². The van der Waals surface area contributed by atoms with E-state index in [1.54, 1.807) is 23.0 Å². The Morgan fingerprint density at radius 1 is 1.22 bits per heavy atom. The number of alkyl halides is 3. The number of methoxy groups -OCH3 is 1. The summed E-state index contributed by atoms with van der Waals surface area (Å²) in [6.07, 6.45) is -0.766. The molecule has 5 rings (SSSR count). The van der Waals surface area contributed by atoms with Gasteiger partial charge in [0, 0.05) is 31.4 Å². The van der Waals surface area contributed by atoms with Gasteiger partial charge >= 0.3 is 6.18 Å². The second-order valence-corrected chi connectivity index (χ2v) is 10.2. The van der Waals surface area contributed by atoms with Gasteiger partial charge in [0.25, 0.3) is 0 Å². The number of nitrogens with zero attached hydrogens (tertiary/aromatic N) is 2. The summed E-state index contributed by atoms with van der Waals surface area (Å²) >= 11 is 0. The molecular weight excluding hydrogens is 474 g/mol. The molecule has 5 nitrogen and oxygen atoms in total. The van der Waals surface area contributed by atoms with Crippen molar-refractivity contribution in [1.82, 2.24) is 15.1 Å². The topological polar surface area (TPSA) is 56.1 Å². The van der Waals surface area contributed by atoms with Gasteiger partial charge in [0.1, 0.15) is 5.82 Å². The number of halogens is 4. The monoisotopic (exact) mass is 503 g/mol. The Morgan fingerprint density at radius 3 is 2.64 bits per heavy atom. The third-order valence-corrected chi connectivity index (χ3v) is 8.29. The number of nitrogens with one attached hydrogen (secondary N) is 1. The minimum absolute atomic E-state index is 0.140. The fourth-order valence-corrected chi connectivity index (χ4v) is 6.34. The number of aromatic nitrogens is 2. The van der Waals surface area contributed by atoms with Crippen molar-refractivity contribution >= 4 is 16.8 Å². The number of benzene rings is 2. The van der Waals surface area contributed by atoms with Crippen LogP contribution in [-0.2, 0) is 21.4 Å². The fourth-order valence-electron chi connectivity index (χ4n) is 6.34.